The third-order valence-electron chi connectivity index (χ3n) is 4.33. The Morgan fingerprint density at radius 1 is 1.29 bits per heavy atom. The second-order valence-corrected chi connectivity index (χ2v) is 7.90. The van der Waals surface area contributed by atoms with Crippen LogP contribution in [0.3, 0.4) is 0 Å². The molecule has 12 heteroatoms. The summed E-state index contributed by atoms with van der Waals surface area (Å²) in [5.41, 5.74) is -1.09. The molecule has 0 radical (unpaired) electrons. The second-order valence-electron chi connectivity index (χ2n) is 6.40. The summed E-state index contributed by atoms with van der Waals surface area (Å²) in [5, 5.41) is 21.0. The normalized spacial score (nSPS) is 16.6. The van der Waals surface area contributed by atoms with Crippen molar-refractivity contribution in [1.29, 1.82) is 0 Å². The number of rotatable bonds is 9. The van der Waals surface area contributed by atoms with Crippen LogP contribution >= 0.6 is 0 Å². The molecule has 1 aliphatic rings. The summed E-state index contributed by atoms with van der Waals surface area (Å²) in [7, 11) is -4.42. The lowest BCUT2D eigenvalue weighted by molar-refractivity contribution is 0.244. The average molecular weight is 412 g/mol. The Kier molecular flexibility index (Phi) is 6.80. The van der Waals surface area contributed by atoms with Crippen LogP contribution in [0, 0.1) is 0 Å². The van der Waals surface area contributed by atoms with Crippen LogP contribution < -0.4 is 21.3 Å². The molecule has 6 N–H and O–H groups in total. The Morgan fingerprint density at radius 2 is 2.04 bits per heavy atom. The van der Waals surface area contributed by atoms with Gasteiger partial charge in [0.2, 0.25) is 5.50 Å². The molecule has 3 rings (SSSR count). The Labute approximate surface area is 162 Å². The van der Waals surface area contributed by atoms with Crippen molar-refractivity contribution in [1.82, 2.24) is 20.6 Å². The van der Waals surface area contributed by atoms with Crippen LogP contribution in [0.15, 0.2) is 29.1 Å². The largest absolute Gasteiger partial charge is 0.462 e. The van der Waals surface area contributed by atoms with Crippen molar-refractivity contribution in [2.45, 2.75) is 37.5 Å². The lowest BCUT2D eigenvalue weighted by Crippen LogP contribution is -2.51. The van der Waals surface area contributed by atoms with Crippen molar-refractivity contribution >= 4 is 21.6 Å². The van der Waals surface area contributed by atoms with Gasteiger partial charge in [-0.3, -0.25) is 9.87 Å². The molecule has 2 aromatic rings. The quantitative estimate of drug-likeness (QED) is 0.245. The first-order chi connectivity index (χ1) is 13.5. The molecule has 0 aliphatic carbocycles. The minimum absolute atomic E-state index is 0.0539. The number of nitrogens with one attached hydrogen (secondary N) is 4. The molecule has 2 aromatic heterocycles. The van der Waals surface area contributed by atoms with Gasteiger partial charge in [0.25, 0.3) is 10.1 Å². The molecule has 0 spiro atoms. The van der Waals surface area contributed by atoms with E-state index in [2.05, 4.69) is 31.2 Å². The first-order valence-electron chi connectivity index (χ1n) is 8.87. The molecule has 3 heterocycles. The number of nitrogens with zero attached hydrogens (tertiary/aromatic N) is 2. The molecule has 28 heavy (non-hydrogen) atoms. The molecule has 1 unspecified atom stereocenters. The smallest absolute Gasteiger partial charge is 0.300 e. The van der Waals surface area contributed by atoms with Crippen molar-refractivity contribution in [2.24, 2.45) is 0 Å². The third kappa shape index (κ3) is 5.62. The number of furan rings is 1. The van der Waals surface area contributed by atoms with Crippen molar-refractivity contribution < 1.29 is 22.5 Å². The lowest BCUT2D eigenvalue weighted by Gasteiger charge is -2.28. The van der Waals surface area contributed by atoms with E-state index in [-0.39, 0.29) is 19.2 Å². The summed E-state index contributed by atoms with van der Waals surface area (Å²) in [6.45, 7) is 1.62. The molecule has 1 aliphatic heterocycles. The van der Waals surface area contributed by atoms with Crippen molar-refractivity contribution in [2.75, 3.05) is 23.7 Å². The minimum Gasteiger partial charge on any atom is -0.462 e. The second kappa shape index (κ2) is 9.30. The molecule has 11 nitrogen and oxygen atoms in total. The molecule has 0 saturated carbocycles. The monoisotopic (exact) mass is 412 g/mol. The Balaban J connectivity index is 1.70. The minimum atomic E-state index is -4.42. The SMILES string of the molecule is O=S(=O)(O)C(Nc1cncnc1NCc1ccc(CO)o1)NC1CCNCC1. The van der Waals surface area contributed by atoms with E-state index < -0.39 is 15.6 Å². The molecule has 0 bridgehead atoms. The average Bonchev–Trinajstić information content (AvgIpc) is 3.15. The maximum absolute atomic E-state index is 11.9. The number of piperidine rings is 1. The zero-order chi connectivity index (χ0) is 20.0. The standard InChI is InChI=1S/C16H24N6O5S/c23-9-13-2-1-12(27-13)7-19-15-14(8-18-10-20-15)22-16(28(24,25)26)21-11-3-5-17-6-4-11/h1-2,8,10-11,16-17,21-23H,3-7,9H2,(H,18,19,20)(H,24,25,26). The predicted molar refractivity (Wildman–Crippen MR) is 102 cm³/mol. The Hall–Kier alpha value is -2.25. The van der Waals surface area contributed by atoms with Gasteiger partial charge in [-0.25, -0.2) is 9.97 Å². The molecule has 1 atom stereocenters. The van der Waals surface area contributed by atoms with Crippen molar-refractivity contribution in [3.05, 3.63) is 36.2 Å². The first kappa shape index (κ1) is 20.5. The molecule has 1 fully saturated rings. The highest BCUT2D eigenvalue weighted by molar-refractivity contribution is 7.86. The summed E-state index contributed by atoms with van der Waals surface area (Å²) >= 11 is 0. The third-order valence-corrected chi connectivity index (χ3v) is 5.18. The Morgan fingerprint density at radius 3 is 2.71 bits per heavy atom. The summed E-state index contributed by atoms with van der Waals surface area (Å²) < 4.78 is 38.7. The molecular formula is C16H24N6O5S. The van der Waals surface area contributed by atoms with E-state index in [4.69, 9.17) is 9.52 Å². The van der Waals surface area contributed by atoms with Gasteiger partial charge >= 0.3 is 0 Å². The number of anilines is 2. The van der Waals surface area contributed by atoms with Crippen LogP contribution in [-0.2, 0) is 23.3 Å². The maximum Gasteiger partial charge on any atom is 0.300 e. The maximum atomic E-state index is 11.9. The highest BCUT2D eigenvalue weighted by atomic mass is 32.2. The van der Waals surface area contributed by atoms with E-state index >= 15 is 0 Å². The summed E-state index contributed by atoms with van der Waals surface area (Å²) in [4.78, 5) is 8.03. The van der Waals surface area contributed by atoms with Gasteiger partial charge in [0.15, 0.2) is 5.82 Å². The van der Waals surface area contributed by atoms with E-state index in [1.54, 1.807) is 12.1 Å². The summed E-state index contributed by atoms with van der Waals surface area (Å²) in [6.07, 6.45) is 4.22. The van der Waals surface area contributed by atoms with Crippen LogP contribution in [0.4, 0.5) is 11.5 Å². The van der Waals surface area contributed by atoms with E-state index in [9.17, 15) is 13.0 Å². The topological polar surface area (TPSA) is 162 Å². The molecule has 154 valence electrons. The number of aromatic nitrogens is 2. The fourth-order valence-electron chi connectivity index (χ4n) is 2.90. The van der Waals surface area contributed by atoms with Gasteiger partial charge in [0.1, 0.15) is 24.5 Å². The fourth-order valence-corrected chi connectivity index (χ4v) is 3.54. The zero-order valence-electron chi connectivity index (χ0n) is 15.1. The lowest BCUT2D eigenvalue weighted by atomic mass is 10.1. The van der Waals surface area contributed by atoms with Crippen LogP contribution in [0.25, 0.3) is 0 Å². The fraction of sp³-hybridized carbons (Fsp3) is 0.500. The number of aliphatic hydroxyl groups is 1. The van der Waals surface area contributed by atoms with Crippen LogP contribution in [0.2, 0.25) is 0 Å². The highest BCUT2D eigenvalue weighted by Gasteiger charge is 2.27. The molecule has 0 aromatic carbocycles. The highest BCUT2D eigenvalue weighted by Crippen LogP contribution is 2.20. The molecular weight excluding hydrogens is 388 g/mol. The number of hydrogen-bond acceptors (Lipinski definition) is 10. The van der Waals surface area contributed by atoms with Crippen LogP contribution in [-0.4, -0.2) is 52.7 Å². The first-order valence-corrected chi connectivity index (χ1v) is 10.4. The predicted octanol–water partition coefficient (Wildman–Crippen LogP) is 0.0989. The van der Waals surface area contributed by atoms with Crippen molar-refractivity contribution in [3.63, 3.8) is 0 Å². The van der Waals surface area contributed by atoms with Gasteiger partial charge in [-0.05, 0) is 38.1 Å². The van der Waals surface area contributed by atoms with Gasteiger partial charge in [0.05, 0.1) is 18.4 Å². The zero-order valence-corrected chi connectivity index (χ0v) is 15.9. The van der Waals surface area contributed by atoms with Crippen molar-refractivity contribution in [3.8, 4) is 0 Å². The summed E-state index contributed by atoms with van der Waals surface area (Å²) in [6, 6.07) is 3.32. The van der Waals surface area contributed by atoms with Gasteiger partial charge in [-0.2, -0.15) is 8.42 Å². The number of hydrogen-bond donors (Lipinski definition) is 6. The summed E-state index contributed by atoms with van der Waals surface area (Å²) in [5.74, 6) is 1.36. The van der Waals surface area contributed by atoms with Gasteiger partial charge < -0.3 is 25.5 Å². The van der Waals surface area contributed by atoms with E-state index in [1.807, 2.05) is 0 Å². The van der Waals surface area contributed by atoms with E-state index in [1.165, 1.54) is 12.5 Å². The van der Waals surface area contributed by atoms with E-state index in [0.717, 1.165) is 25.9 Å². The van der Waals surface area contributed by atoms with Crippen LogP contribution in [0.1, 0.15) is 24.4 Å². The molecule has 1 saturated heterocycles. The van der Waals surface area contributed by atoms with Gasteiger partial charge in [-0.1, -0.05) is 0 Å². The molecule has 0 amide bonds. The van der Waals surface area contributed by atoms with Gasteiger partial charge in [0, 0.05) is 6.04 Å². The number of aliphatic hydroxyl groups excluding tert-OH is 1. The van der Waals surface area contributed by atoms with Crippen LogP contribution in [0.5, 0.6) is 0 Å². The van der Waals surface area contributed by atoms with Gasteiger partial charge in [-0.15, -0.1) is 0 Å². The Bertz CT molecular complexity index is 868. The van der Waals surface area contributed by atoms with E-state index in [0.29, 0.717) is 23.0 Å².